The van der Waals surface area contributed by atoms with Gasteiger partial charge in [-0.15, -0.1) is 0 Å². The Labute approximate surface area is 126 Å². The van der Waals surface area contributed by atoms with E-state index >= 15 is 0 Å². The van der Waals surface area contributed by atoms with Gasteiger partial charge in [-0.2, -0.15) is 0 Å². The zero-order valence-corrected chi connectivity index (χ0v) is 13.5. The first-order valence-electron chi connectivity index (χ1n) is 6.35. The van der Waals surface area contributed by atoms with Crippen molar-refractivity contribution in [2.24, 2.45) is 11.3 Å². The number of carboxylic acid groups (broad SMARTS) is 2. The Hall–Kier alpha value is -0.850. The third-order valence-corrected chi connectivity index (χ3v) is 5.30. The molecule has 0 fully saturated rings. The minimum absolute atomic E-state index is 0.0596. The Balaban J connectivity index is 3.41. The molecule has 5 heteroatoms. The van der Waals surface area contributed by atoms with E-state index in [4.69, 9.17) is 0 Å². The van der Waals surface area contributed by atoms with Crippen molar-refractivity contribution in [1.29, 1.82) is 0 Å². The summed E-state index contributed by atoms with van der Waals surface area (Å²) in [6.45, 7) is 5.63. The lowest BCUT2D eigenvalue weighted by Crippen LogP contribution is -2.41. The molecule has 0 bridgehead atoms. The van der Waals surface area contributed by atoms with Crippen molar-refractivity contribution < 1.29 is 19.8 Å². The summed E-state index contributed by atoms with van der Waals surface area (Å²) in [6, 6.07) is 0. The van der Waals surface area contributed by atoms with Crippen molar-refractivity contribution in [2.45, 2.75) is 40.0 Å². The summed E-state index contributed by atoms with van der Waals surface area (Å²) in [5.74, 6) is -2.00. The molecule has 0 aromatic carbocycles. The van der Waals surface area contributed by atoms with Crippen LogP contribution in [0.5, 0.6) is 0 Å². The maximum Gasteiger partial charge on any atom is 0.331 e. The number of halogens is 1. The summed E-state index contributed by atoms with van der Waals surface area (Å²) >= 11 is 2.05. The molecule has 2 N–H and O–H groups in total. The van der Waals surface area contributed by atoms with Gasteiger partial charge in [0, 0.05) is 15.6 Å². The van der Waals surface area contributed by atoms with Crippen LogP contribution in [-0.2, 0) is 9.59 Å². The Morgan fingerprint density at radius 1 is 1.37 bits per heavy atom. The van der Waals surface area contributed by atoms with Gasteiger partial charge >= 0.3 is 11.9 Å². The van der Waals surface area contributed by atoms with E-state index in [1.165, 1.54) is 0 Å². The Morgan fingerprint density at radius 2 is 1.89 bits per heavy atom. The van der Waals surface area contributed by atoms with Gasteiger partial charge in [-0.3, -0.25) is 4.79 Å². The molecule has 0 saturated carbocycles. The molecule has 19 heavy (non-hydrogen) atoms. The molecule has 0 saturated heterocycles. The summed E-state index contributed by atoms with van der Waals surface area (Å²) in [7, 11) is 0. The van der Waals surface area contributed by atoms with E-state index < -0.39 is 17.4 Å². The third-order valence-electron chi connectivity index (χ3n) is 4.02. The van der Waals surface area contributed by atoms with Gasteiger partial charge in [0.05, 0.1) is 0 Å². The molecule has 1 aliphatic carbocycles. The first-order valence-corrected chi connectivity index (χ1v) is 7.43. The minimum atomic E-state index is -1.09. The van der Waals surface area contributed by atoms with Crippen LogP contribution in [0.25, 0.3) is 0 Å². The maximum absolute atomic E-state index is 11.9. The normalized spacial score (nSPS) is 23.5. The Morgan fingerprint density at radius 3 is 2.26 bits per heavy atom. The molecule has 0 spiro atoms. The number of hydrogen-bond acceptors (Lipinski definition) is 2. The first kappa shape index (κ1) is 16.2. The van der Waals surface area contributed by atoms with Gasteiger partial charge in [0.1, 0.15) is 5.41 Å². The quantitative estimate of drug-likeness (QED) is 0.717. The van der Waals surface area contributed by atoms with Crippen molar-refractivity contribution in [3.05, 3.63) is 20.8 Å². The molecule has 0 radical (unpaired) electrons. The van der Waals surface area contributed by atoms with Crippen LogP contribution < -0.4 is 0 Å². The van der Waals surface area contributed by atoms with Gasteiger partial charge in [-0.05, 0) is 47.1 Å². The van der Waals surface area contributed by atoms with E-state index in [1.807, 2.05) is 13.8 Å². The van der Waals surface area contributed by atoms with Crippen LogP contribution in [-0.4, -0.2) is 22.2 Å². The molecule has 1 atom stereocenters. The SMILES string of the molecule is CCC(CC)C1(C(=O)O)CC(C(=O)O)=C(C)C=C1I. The largest absolute Gasteiger partial charge is 0.481 e. The second kappa shape index (κ2) is 6.07. The van der Waals surface area contributed by atoms with Crippen LogP contribution in [0.4, 0.5) is 0 Å². The van der Waals surface area contributed by atoms with Crippen LogP contribution in [0, 0.1) is 11.3 Å². The highest BCUT2D eigenvalue weighted by Crippen LogP contribution is 2.51. The lowest BCUT2D eigenvalue weighted by Gasteiger charge is -2.39. The van der Waals surface area contributed by atoms with Crippen molar-refractivity contribution in [3.63, 3.8) is 0 Å². The summed E-state index contributed by atoms with van der Waals surface area (Å²) < 4.78 is 0.730. The fraction of sp³-hybridized carbons (Fsp3) is 0.571. The molecule has 0 aliphatic heterocycles. The number of carboxylic acids is 2. The molecule has 0 heterocycles. The van der Waals surface area contributed by atoms with Crippen LogP contribution in [0.15, 0.2) is 20.8 Å². The lowest BCUT2D eigenvalue weighted by molar-refractivity contribution is -0.149. The second-order valence-corrected chi connectivity index (χ2v) is 6.09. The predicted molar refractivity (Wildman–Crippen MR) is 81.2 cm³/mol. The summed E-state index contributed by atoms with van der Waals surface area (Å²) in [6.07, 6.45) is 3.22. The number of rotatable bonds is 5. The summed E-state index contributed by atoms with van der Waals surface area (Å²) in [4.78, 5) is 23.2. The zero-order valence-electron chi connectivity index (χ0n) is 11.4. The average Bonchev–Trinajstić information content (AvgIpc) is 2.32. The fourth-order valence-electron chi connectivity index (χ4n) is 2.83. The topological polar surface area (TPSA) is 74.6 Å². The minimum Gasteiger partial charge on any atom is -0.481 e. The molecule has 1 rings (SSSR count). The molecule has 0 aromatic heterocycles. The lowest BCUT2D eigenvalue weighted by atomic mass is 9.66. The van der Waals surface area contributed by atoms with E-state index in [1.54, 1.807) is 13.0 Å². The highest BCUT2D eigenvalue weighted by atomic mass is 127. The smallest absolute Gasteiger partial charge is 0.331 e. The van der Waals surface area contributed by atoms with Crippen LogP contribution in [0.1, 0.15) is 40.0 Å². The monoisotopic (exact) mass is 378 g/mol. The van der Waals surface area contributed by atoms with E-state index in [-0.39, 0.29) is 17.9 Å². The average molecular weight is 378 g/mol. The molecule has 4 nitrogen and oxygen atoms in total. The van der Waals surface area contributed by atoms with E-state index in [2.05, 4.69) is 22.6 Å². The van der Waals surface area contributed by atoms with Gasteiger partial charge in [0.25, 0.3) is 0 Å². The maximum atomic E-state index is 11.9. The van der Waals surface area contributed by atoms with Crippen LogP contribution >= 0.6 is 22.6 Å². The van der Waals surface area contributed by atoms with Gasteiger partial charge in [-0.25, -0.2) is 4.79 Å². The summed E-state index contributed by atoms with van der Waals surface area (Å²) in [5.41, 5.74) is -0.216. The molecule has 1 unspecified atom stereocenters. The standard InChI is InChI=1S/C14H19IO4/c1-4-9(5-2)14(13(18)19)7-10(12(16)17)8(3)6-11(14)15/h6,9H,4-5,7H2,1-3H3,(H,16,17)(H,18,19). The van der Waals surface area contributed by atoms with Crippen molar-refractivity contribution in [2.75, 3.05) is 0 Å². The molecular weight excluding hydrogens is 359 g/mol. The van der Waals surface area contributed by atoms with Crippen LogP contribution in [0.2, 0.25) is 0 Å². The molecule has 0 amide bonds. The first-order chi connectivity index (χ1) is 8.81. The van der Waals surface area contributed by atoms with E-state index in [9.17, 15) is 19.8 Å². The van der Waals surface area contributed by atoms with Crippen molar-refractivity contribution in [3.8, 4) is 0 Å². The molecular formula is C14H19IO4. The summed E-state index contributed by atoms with van der Waals surface area (Å²) in [5, 5.41) is 19.0. The predicted octanol–water partition coefficient (Wildman–Crippen LogP) is 3.62. The van der Waals surface area contributed by atoms with Gasteiger partial charge < -0.3 is 10.2 Å². The number of aliphatic carboxylic acids is 2. The number of carbonyl (C=O) groups is 2. The number of hydrogen-bond donors (Lipinski definition) is 2. The highest BCUT2D eigenvalue weighted by Gasteiger charge is 2.49. The molecule has 0 aromatic rings. The van der Waals surface area contributed by atoms with Gasteiger partial charge in [0.15, 0.2) is 0 Å². The van der Waals surface area contributed by atoms with Crippen molar-refractivity contribution in [1.82, 2.24) is 0 Å². The van der Waals surface area contributed by atoms with Crippen molar-refractivity contribution >= 4 is 34.5 Å². The second-order valence-electron chi connectivity index (χ2n) is 4.93. The van der Waals surface area contributed by atoms with Gasteiger partial charge in [-0.1, -0.05) is 26.7 Å². The van der Waals surface area contributed by atoms with Crippen LogP contribution in [0.3, 0.4) is 0 Å². The highest BCUT2D eigenvalue weighted by molar-refractivity contribution is 14.1. The van der Waals surface area contributed by atoms with E-state index in [0.717, 1.165) is 16.4 Å². The Kier molecular flexibility index (Phi) is 5.18. The molecule has 106 valence electrons. The Bertz CT molecular complexity index is 460. The third kappa shape index (κ3) is 2.70. The molecule has 1 aliphatic rings. The fourth-order valence-corrected chi connectivity index (χ4v) is 4.16. The van der Waals surface area contributed by atoms with Gasteiger partial charge in [0.2, 0.25) is 0 Å². The number of allylic oxidation sites excluding steroid dienone is 2. The van der Waals surface area contributed by atoms with E-state index in [0.29, 0.717) is 5.57 Å². The zero-order chi connectivity index (χ0) is 14.8.